The Morgan fingerprint density at radius 3 is 1.87 bits per heavy atom. The van der Waals surface area contributed by atoms with Crippen LogP contribution >= 0.6 is 0 Å². The van der Waals surface area contributed by atoms with E-state index in [1.807, 2.05) is 6.20 Å². The molecule has 0 N–H and O–H groups in total. The van der Waals surface area contributed by atoms with Gasteiger partial charge in [0.25, 0.3) is 6.33 Å². The van der Waals surface area contributed by atoms with Gasteiger partial charge in [-0.2, -0.15) is 12.1 Å². The molecule has 2 aliphatic rings. The fourth-order valence-electron chi connectivity index (χ4n) is 12.1. The Balaban J connectivity index is 0.00000579. The van der Waals surface area contributed by atoms with Gasteiger partial charge in [-0.3, -0.25) is 4.57 Å². The van der Waals surface area contributed by atoms with Crippen molar-refractivity contribution in [2.75, 3.05) is 22.7 Å². The first kappa shape index (κ1) is 49.3. The molecule has 1 fully saturated rings. The van der Waals surface area contributed by atoms with E-state index in [-0.39, 0.29) is 33.5 Å². The molecule has 0 radical (unpaired) electrons. The van der Waals surface area contributed by atoms with Crippen LogP contribution < -0.4 is 34.8 Å². The van der Waals surface area contributed by atoms with Crippen molar-refractivity contribution in [2.45, 2.75) is 39.3 Å². The van der Waals surface area contributed by atoms with Crippen LogP contribution in [0.4, 0.5) is 11.4 Å². The molecule has 78 heavy (non-hydrogen) atoms. The smallest absolute Gasteiger partial charge is 0.411 e. The van der Waals surface area contributed by atoms with Gasteiger partial charge in [0.1, 0.15) is 5.82 Å². The number of rotatable bonds is 9. The molecule has 7 nitrogen and oxygen atoms in total. The third-order valence-corrected chi connectivity index (χ3v) is 19.5. The van der Waals surface area contributed by atoms with Crippen LogP contribution in [0.1, 0.15) is 26.3 Å². The zero-order valence-electron chi connectivity index (χ0n) is 44.2. The molecule has 3 aromatic heterocycles. The van der Waals surface area contributed by atoms with E-state index in [1.54, 1.807) is 0 Å². The molecule has 14 rings (SSSR count). The zero-order chi connectivity index (χ0) is 52.0. The molecule has 10 heteroatoms. The van der Waals surface area contributed by atoms with Crippen molar-refractivity contribution in [3.63, 3.8) is 0 Å². The number of benzene rings is 9. The van der Waals surface area contributed by atoms with Crippen LogP contribution in [0.2, 0.25) is 13.1 Å². The molecule has 12 aromatic rings. The molecule has 5 heterocycles. The first-order valence-corrected chi connectivity index (χ1v) is 29.7. The number of hydrogen-bond donors (Lipinski definition) is 0. The minimum atomic E-state index is -2.15. The van der Waals surface area contributed by atoms with Crippen molar-refractivity contribution in [1.82, 2.24) is 14.1 Å². The predicted octanol–water partition coefficient (Wildman–Crippen LogP) is 13.1. The van der Waals surface area contributed by atoms with Gasteiger partial charge >= 0.3 is 6.98 Å². The van der Waals surface area contributed by atoms with E-state index < -0.39 is 8.07 Å². The van der Waals surface area contributed by atoms with Gasteiger partial charge in [0.15, 0.2) is 0 Å². The Morgan fingerprint density at radius 1 is 0.590 bits per heavy atom. The molecule has 0 spiro atoms. The van der Waals surface area contributed by atoms with E-state index in [0.29, 0.717) is 11.5 Å². The Hall–Kier alpha value is -8.23. The normalized spacial score (nSPS) is 13.8. The fourth-order valence-corrected chi connectivity index (χ4v) is 15.0. The first-order valence-electron chi connectivity index (χ1n) is 26.7. The van der Waals surface area contributed by atoms with Crippen LogP contribution in [-0.4, -0.2) is 42.3 Å². The maximum absolute atomic E-state index is 6.91. The van der Waals surface area contributed by atoms with Crippen LogP contribution in [0.15, 0.2) is 219 Å². The number of nitrogens with zero attached hydrogens (tertiary/aromatic N) is 6. The van der Waals surface area contributed by atoms with Crippen LogP contribution in [0.5, 0.6) is 11.5 Å². The maximum atomic E-state index is 6.91. The number of imidazole rings is 1. The molecule has 2 aliphatic heterocycles. The molecule has 0 aliphatic carbocycles. The third kappa shape index (κ3) is 8.22. The van der Waals surface area contributed by atoms with Crippen LogP contribution in [-0.2, 0) is 26.5 Å². The number of aromatic nitrogens is 4. The molecule has 0 bridgehead atoms. The van der Waals surface area contributed by atoms with Gasteiger partial charge in [0.05, 0.1) is 16.7 Å². The Bertz CT molecular complexity index is 4160. The second kappa shape index (κ2) is 19.3. The van der Waals surface area contributed by atoms with E-state index in [9.17, 15) is 0 Å². The molecule has 0 saturated carbocycles. The second-order valence-electron chi connectivity index (χ2n) is 22.0. The van der Waals surface area contributed by atoms with Gasteiger partial charge < -0.3 is 23.5 Å². The number of fused-ring (bicyclic) bond motifs is 5. The van der Waals surface area contributed by atoms with Gasteiger partial charge in [-0.05, 0) is 81.1 Å². The minimum absolute atomic E-state index is 0. The second-order valence-corrected chi connectivity index (χ2v) is 26.3. The summed E-state index contributed by atoms with van der Waals surface area (Å²) in [6.45, 7) is 13.2. The first-order chi connectivity index (χ1) is 37.6. The van der Waals surface area contributed by atoms with Crippen molar-refractivity contribution in [2.24, 2.45) is 0 Å². The van der Waals surface area contributed by atoms with Crippen molar-refractivity contribution >= 4 is 75.1 Å². The van der Waals surface area contributed by atoms with E-state index in [0.717, 1.165) is 57.6 Å². The van der Waals surface area contributed by atoms with Gasteiger partial charge in [0, 0.05) is 87.9 Å². The third-order valence-electron chi connectivity index (χ3n) is 16.0. The van der Waals surface area contributed by atoms with Gasteiger partial charge in [-0.25, -0.2) is 4.98 Å². The fraction of sp³-hybridized carbons (Fsp3) is 0.118. The summed E-state index contributed by atoms with van der Waals surface area (Å²) in [5.41, 5.74) is 15.8. The monoisotopic (exact) mass is 1210 g/mol. The zero-order valence-corrected chi connectivity index (χ0v) is 47.5. The minimum Gasteiger partial charge on any atom is -0.510 e. The predicted molar refractivity (Wildman–Crippen MR) is 319 cm³/mol. The van der Waals surface area contributed by atoms with Gasteiger partial charge in [0.2, 0.25) is 0 Å². The number of para-hydroxylation sites is 4. The molecule has 382 valence electrons. The molecule has 0 amide bonds. The topological polar surface area (TPSA) is 42.3 Å². The molecular weight excluding hydrogens is 1150 g/mol. The average molecular weight is 1210 g/mol. The van der Waals surface area contributed by atoms with Crippen molar-refractivity contribution < 1.29 is 30.4 Å². The number of pyridine rings is 1. The molecule has 0 unspecified atom stereocenters. The Labute approximate surface area is 472 Å². The Morgan fingerprint density at radius 2 is 1.21 bits per heavy atom. The van der Waals surface area contributed by atoms with Gasteiger partial charge in [-0.1, -0.05) is 190 Å². The maximum Gasteiger partial charge on any atom is 0.411 e. The van der Waals surface area contributed by atoms with E-state index in [2.05, 4.69) is 288 Å². The average Bonchev–Trinajstić information content (AvgIpc) is 4.18. The molecular formula is C68H55BN6OPtSi-2. The molecule has 9 aromatic carbocycles. The van der Waals surface area contributed by atoms with E-state index >= 15 is 0 Å². The van der Waals surface area contributed by atoms with Gasteiger partial charge in [-0.15, -0.1) is 34.8 Å². The summed E-state index contributed by atoms with van der Waals surface area (Å²) in [6.07, 6.45) is 5.66. The standard InChI is InChI=1S/C68H55BN6OSi.Pt/c1-68(2,3)49-38-39-70-66(42-49)75-60-36-32-50(69-73(58-28-17-15-26-54(58)47-20-9-6-10-21-47)40-41-74(69)59-29-18-16-27-55(59)48-22-11-7-12-23-48)43-57(60)56-35-33-52(44-62(56)75)76-53-34-37-64-63(45-53)72-46-71(51-24-13-8-14-25-51)61-30-19-31-65(67(61)72)77(64,4)5;/h6-39,42-43H,40-41H2,1-5H3;/q-2;. The van der Waals surface area contributed by atoms with E-state index in [4.69, 9.17) is 9.72 Å². The molecule has 0 atom stereocenters. The van der Waals surface area contributed by atoms with E-state index in [1.165, 1.54) is 60.5 Å². The summed E-state index contributed by atoms with van der Waals surface area (Å²) < 4.78 is 13.5. The summed E-state index contributed by atoms with van der Waals surface area (Å²) >= 11 is 0. The van der Waals surface area contributed by atoms with Crippen molar-refractivity contribution in [1.29, 1.82) is 0 Å². The molecule has 1 saturated heterocycles. The number of anilines is 2. The Kier molecular flexibility index (Phi) is 12.2. The summed E-state index contributed by atoms with van der Waals surface area (Å²) in [5.74, 6) is 2.05. The summed E-state index contributed by atoms with van der Waals surface area (Å²) in [6, 6.07) is 84.0. The van der Waals surface area contributed by atoms with Crippen LogP contribution in [0.25, 0.3) is 72.3 Å². The van der Waals surface area contributed by atoms with Crippen LogP contribution in [0.3, 0.4) is 0 Å². The number of hydrogen-bond acceptors (Lipinski definition) is 4. The summed E-state index contributed by atoms with van der Waals surface area (Å²) in [7, 11) is -2.15. The van der Waals surface area contributed by atoms with Crippen molar-refractivity contribution in [3.05, 3.63) is 243 Å². The number of ether oxygens (including phenoxy) is 1. The quantitative estimate of drug-likeness (QED) is 0.0821. The summed E-state index contributed by atoms with van der Waals surface area (Å²) in [4.78, 5) is 10.3. The van der Waals surface area contributed by atoms with Crippen LogP contribution in [0, 0.1) is 18.5 Å². The summed E-state index contributed by atoms with van der Waals surface area (Å²) in [5, 5.41) is 4.87. The SMILES string of the molecule is CC(C)(C)c1ccnc(-n2c3[c-]c(Oc4[c-]c5c(cc4)[Si](C)(C)c4cccc6c4n-5[c-][n+]6-c4ccccc4)ccc3c3cc(B4N(c5ccccc5-c5ccccc5)CCN4c4ccccc4-c4ccccc4)ccc32)c1.[Pt]. The van der Waals surface area contributed by atoms with Crippen molar-refractivity contribution in [3.8, 4) is 50.9 Å². The largest absolute Gasteiger partial charge is 0.510 e.